The number of nitrogens with zero attached hydrogens (tertiary/aromatic N) is 2. The number of fused-ring (bicyclic) bond motifs is 1. The lowest BCUT2D eigenvalue weighted by molar-refractivity contribution is 0.622. The van der Waals surface area contributed by atoms with Crippen LogP contribution in [-0.2, 0) is 25.9 Å². The summed E-state index contributed by atoms with van der Waals surface area (Å²) in [6.45, 7) is 1.74. The van der Waals surface area contributed by atoms with Crippen molar-refractivity contribution in [2.24, 2.45) is 0 Å². The predicted molar refractivity (Wildman–Crippen MR) is 72.6 cm³/mol. The third-order valence-corrected chi connectivity index (χ3v) is 3.66. The zero-order valence-electron chi connectivity index (χ0n) is 10.8. The molecule has 3 nitrogen and oxygen atoms in total. The van der Waals surface area contributed by atoms with E-state index in [2.05, 4.69) is 39.4 Å². The molecule has 0 bridgehead atoms. The molecule has 0 radical (unpaired) electrons. The Morgan fingerprint density at radius 1 is 1.22 bits per heavy atom. The molecular formula is C15H19N3. The number of rotatable bonds is 4. The van der Waals surface area contributed by atoms with Gasteiger partial charge in [-0.05, 0) is 49.1 Å². The molecule has 2 aromatic rings. The van der Waals surface area contributed by atoms with Gasteiger partial charge in [-0.15, -0.1) is 0 Å². The SMILES string of the molecule is CNCc1ccnn1Cc1ccc2c(c1)CCC2. The highest BCUT2D eigenvalue weighted by molar-refractivity contribution is 5.35. The second-order valence-electron chi connectivity index (χ2n) is 4.97. The summed E-state index contributed by atoms with van der Waals surface area (Å²) in [6.07, 6.45) is 5.68. The van der Waals surface area contributed by atoms with Crippen LogP contribution in [0.5, 0.6) is 0 Å². The summed E-state index contributed by atoms with van der Waals surface area (Å²) in [7, 11) is 1.97. The fourth-order valence-corrected chi connectivity index (χ4v) is 2.73. The van der Waals surface area contributed by atoms with Gasteiger partial charge >= 0.3 is 0 Å². The van der Waals surface area contributed by atoms with E-state index in [0.29, 0.717) is 0 Å². The molecule has 94 valence electrons. The van der Waals surface area contributed by atoms with E-state index in [1.807, 2.05) is 13.2 Å². The van der Waals surface area contributed by atoms with E-state index >= 15 is 0 Å². The first kappa shape index (κ1) is 11.5. The third kappa shape index (κ3) is 2.18. The van der Waals surface area contributed by atoms with E-state index < -0.39 is 0 Å². The number of aromatic nitrogens is 2. The number of nitrogens with one attached hydrogen (secondary N) is 1. The van der Waals surface area contributed by atoms with Gasteiger partial charge in [-0.2, -0.15) is 5.10 Å². The van der Waals surface area contributed by atoms with Crippen molar-refractivity contribution in [3.05, 3.63) is 52.8 Å². The average Bonchev–Trinajstić information content (AvgIpc) is 2.99. The molecule has 3 rings (SSSR count). The Morgan fingerprint density at radius 2 is 2.11 bits per heavy atom. The lowest BCUT2D eigenvalue weighted by atomic mass is 10.1. The van der Waals surface area contributed by atoms with Crippen LogP contribution in [0.3, 0.4) is 0 Å². The maximum absolute atomic E-state index is 4.40. The minimum Gasteiger partial charge on any atom is -0.314 e. The Labute approximate surface area is 108 Å². The largest absolute Gasteiger partial charge is 0.314 e. The van der Waals surface area contributed by atoms with Gasteiger partial charge in [0.2, 0.25) is 0 Å². The second kappa shape index (κ2) is 4.94. The summed E-state index contributed by atoms with van der Waals surface area (Å²) in [4.78, 5) is 0. The minimum absolute atomic E-state index is 0.866. The quantitative estimate of drug-likeness (QED) is 0.888. The minimum atomic E-state index is 0.866. The summed E-state index contributed by atoms with van der Waals surface area (Å²) in [5.74, 6) is 0. The first-order valence-electron chi connectivity index (χ1n) is 6.63. The average molecular weight is 241 g/mol. The molecule has 0 spiro atoms. The number of hydrogen-bond acceptors (Lipinski definition) is 2. The van der Waals surface area contributed by atoms with Crippen LogP contribution in [0, 0.1) is 0 Å². The molecule has 0 saturated carbocycles. The first-order chi connectivity index (χ1) is 8.86. The number of hydrogen-bond donors (Lipinski definition) is 1. The molecule has 3 heteroatoms. The fourth-order valence-electron chi connectivity index (χ4n) is 2.73. The summed E-state index contributed by atoms with van der Waals surface area (Å²) in [5, 5.41) is 7.58. The van der Waals surface area contributed by atoms with Crippen LogP contribution < -0.4 is 5.32 Å². The zero-order valence-corrected chi connectivity index (χ0v) is 10.8. The number of aryl methyl sites for hydroxylation is 2. The van der Waals surface area contributed by atoms with Crippen molar-refractivity contribution < 1.29 is 0 Å². The van der Waals surface area contributed by atoms with Crippen LogP contribution in [0.25, 0.3) is 0 Å². The van der Waals surface area contributed by atoms with Gasteiger partial charge in [-0.1, -0.05) is 18.2 Å². The Morgan fingerprint density at radius 3 is 3.00 bits per heavy atom. The number of benzene rings is 1. The highest BCUT2D eigenvalue weighted by Gasteiger charge is 2.11. The molecule has 0 saturated heterocycles. The topological polar surface area (TPSA) is 29.9 Å². The molecule has 0 unspecified atom stereocenters. The van der Waals surface area contributed by atoms with Crippen LogP contribution in [0.1, 0.15) is 28.8 Å². The van der Waals surface area contributed by atoms with Gasteiger partial charge in [0.25, 0.3) is 0 Å². The van der Waals surface area contributed by atoms with E-state index in [1.54, 1.807) is 0 Å². The Balaban J connectivity index is 1.81. The fraction of sp³-hybridized carbons (Fsp3) is 0.400. The monoisotopic (exact) mass is 241 g/mol. The predicted octanol–water partition coefficient (Wildman–Crippen LogP) is 2.14. The van der Waals surface area contributed by atoms with Crippen LogP contribution >= 0.6 is 0 Å². The first-order valence-corrected chi connectivity index (χ1v) is 6.63. The molecule has 0 atom stereocenters. The van der Waals surface area contributed by atoms with Crippen LogP contribution in [0.4, 0.5) is 0 Å². The van der Waals surface area contributed by atoms with Gasteiger partial charge < -0.3 is 5.32 Å². The molecular weight excluding hydrogens is 222 g/mol. The van der Waals surface area contributed by atoms with Gasteiger partial charge in [-0.25, -0.2) is 0 Å². The lowest BCUT2D eigenvalue weighted by Gasteiger charge is -2.09. The maximum atomic E-state index is 4.40. The Hall–Kier alpha value is -1.61. The Bertz CT molecular complexity index is 542. The molecule has 18 heavy (non-hydrogen) atoms. The van der Waals surface area contributed by atoms with Crippen LogP contribution in [-0.4, -0.2) is 16.8 Å². The standard InChI is InChI=1S/C15H19N3/c1-16-10-15-7-8-17-18(15)11-12-5-6-13-3-2-4-14(13)9-12/h5-9,16H,2-4,10-11H2,1H3. The molecule has 0 aliphatic heterocycles. The highest BCUT2D eigenvalue weighted by atomic mass is 15.3. The van der Waals surface area contributed by atoms with E-state index in [9.17, 15) is 0 Å². The zero-order chi connectivity index (χ0) is 12.4. The molecule has 1 aliphatic rings. The van der Waals surface area contributed by atoms with Crippen molar-refractivity contribution in [2.45, 2.75) is 32.4 Å². The second-order valence-corrected chi connectivity index (χ2v) is 4.97. The van der Waals surface area contributed by atoms with E-state index in [1.165, 1.54) is 41.6 Å². The molecule has 0 amide bonds. The third-order valence-electron chi connectivity index (χ3n) is 3.66. The summed E-state index contributed by atoms with van der Waals surface area (Å²) in [6, 6.07) is 8.96. The molecule has 1 N–H and O–H groups in total. The highest BCUT2D eigenvalue weighted by Crippen LogP contribution is 2.23. The summed E-state index contributed by atoms with van der Waals surface area (Å²) < 4.78 is 2.08. The van der Waals surface area contributed by atoms with E-state index in [0.717, 1.165) is 13.1 Å². The summed E-state index contributed by atoms with van der Waals surface area (Å²) >= 11 is 0. The van der Waals surface area contributed by atoms with Gasteiger partial charge in [0.15, 0.2) is 0 Å². The van der Waals surface area contributed by atoms with Crippen molar-refractivity contribution in [2.75, 3.05) is 7.05 Å². The van der Waals surface area contributed by atoms with Gasteiger partial charge in [0.05, 0.1) is 12.2 Å². The summed E-state index contributed by atoms with van der Waals surface area (Å²) in [5.41, 5.74) is 5.67. The normalized spacial score (nSPS) is 13.8. The van der Waals surface area contributed by atoms with Crippen molar-refractivity contribution in [1.29, 1.82) is 0 Å². The molecule has 1 heterocycles. The van der Waals surface area contributed by atoms with Crippen molar-refractivity contribution in [1.82, 2.24) is 15.1 Å². The van der Waals surface area contributed by atoms with Gasteiger partial charge in [-0.3, -0.25) is 4.68 Å². The molecule has 1 aliphatic carbocycles. The molecule has 1 aromatic heterocycles. The molecule has 0 fully saturated rings. The van der Waals surface area contributed by atoms with Gasteiger partial charge in [0.1, 0.15) is 0 Å². The van der Waals surface area contributed by atoms with E-state index in [-0.39, 0.29) is 0 Å². The van der Waals surface area contributed by atoms with Crippen molar-refractivity contribution >= 4 is 0 Å². The Kier molecular flexibility index (Phi) is 3.15. The van der Waals surface area contributed by atoms with E-state index in [4.69, 9.17) is 0 Å². The molecule has 1 aromatic carbocycles. The smallest absolute Gasteiger partial charge is 0.0663 e. The van der Waals surface area contributed by atoms with Crippen LogP contribution in [0.15, 0.2) is 30.5 Å². The lowest BCUT2D eigenvalue weighted by Crippen LogP contribution is -2.13. The van der Waals surface area contributed by atoms with Crippen molar-refractivity contribution in [3.8, 4) is 0 Å². The van der Waals surface area contributed by atoms with Crippen LogP contribution in [0.2, 0.25) is 0 Å². The van der Waals surface area contributed by atoms with Gasteiger partial charge in [0, 0.05) is 12.7 Å². The van der Waals surface area contributed by atoms with Crippen molar-refractivity contribution in [3.63, 3.8) is 0 Å². The maximum Gasteiger partial charge on any atom is 0.0663 e.